The smallest absolute Gasteiger partial charge is 0.231 e. The lowest BCUT2D eigenvalue weighted by atomic mass is 10.1. The van der Waals surface area contributed by atoms with Crippen LogP contribution in [-0.2, 0) is 11.3 Å². The molecule has 1 saturated carbocycles. The van der Waals surface area contributed by atoms with Crippen LogP contribution in [0.25, 0.3) is 0 Å². The number of halogens is 1. The van der Waals surface area contributed by atoms with Crippen LogP contribution in [0.3, 0.4) is 0 Å². The second kappa shape index (κ2) is 8.50. The maximum atomic E-state index is 13.0. The van der Waals surface area contributed by atoms with E-state index < -0.39 is 0 Å². The molecule has 1 amide bonds. The number of rotatable bonds is 7. The number of amides is 1. The van der Waals surface area contributed by atoms with Crippen molar-refractivity contribution in [3.05, 3.63) is 53.8 Å². The lowest BCUT2D eigenvalue weighted by molar-refractivity contribution is -0.134. The van der Waals surface area contributed by atoms with Gasteiger partial charge in [0.1, 0.15) is 11.6 Å². The van der Waals surface area contributed by atoms with Crippen molar-refractivity contribution < 1.29 is 23.4 Å². The lowest BCUT2D eigenvalue weighted by Crippen LogP contribution is -2.38. The molecule has 0 radical (unpaired) electrons. The molecule has 0 unspecified atom stereocenters. The zero-order valence-electron chi connectivity index (χ0n) is 15.7. The Morgan fingerprint density at radius 3 is 2.61 bits per heavy atom. The lowest BCUT2D eigenvalue weighted by Gasteiger charge is -2.29. The van der Waals surface area contributed by atoms with Crippen molar-refractivity contribution in [1.29, 1.82) is 0 Å². The van der Waals surface area contributed by atoms with Gasteiger partial charge < -0.3 is 19.1 Å². The maximum Gasteiger partial charge on any atom is 0.231 e. The van der Waals surface area contributed by atoms with Gasteiger partial charge in [0, 0.05) is 12.6 Å². The topological polar surface area (TPSA) is 48.0 Å². The van der Waals surface area contributed by atoms with Crippen LogP contribution in [0.15, 0.2) is 42.5 Å². The van der Waals surface area contributed by atoms with Gasteiger partial charge in [0.25, 0.3) is 0 Å². The summed E-state index contributed by atoms with van der Waals surface area (Å²) >= 11 is 0. The largest absolute Gasteiger partial charge is 0.493 e. The quantitative estimate of drug-likeness (QED) is 0.713. The Labute approximate surface area is 164 Å². The van der Waals surface area contributed by atoms with Gasteiger partial charge in [-0.25, -0.2) is 4.39 Å². The van der Waals surface area contributed by atoms with E-state index in [1.54, 1.807) is 12.1 Å². The zero-order chi connectivity index (χ0) is 19.3. The maximum absolute atomic E-state index is 13.0. The van der Waals surface area contributed by atoms with E-state index in [4.69, 9.17) is 14.2 Å². The van der Waals surface area contributed by atoms with Gasteiger partial charge in [0.15, 0.2) is 11.5 Å². The molecule has 1 heterocycles. The molecule has 2 aromatic rings. The van der Waals surface area contributed by atoms with Crippen LogP contribution < -0.4 is 14.2 Å². The normalized spacial score (nSPS) is 15.6. The number of carbonyl (C=O) groups is 1. The highest BCUT2D eigenvalue weighted by atomic mass is 19.1. The fourth-order valence-corrected chi connectivity index (χ4v) is 3.80. The van der Waals surface area contributed by atoms with Crippen LogP contribution in [0.4, 0.5) is 4.39 Å². The zero-order valence-corrected chi connectivity index (χ0v) is 15.7. The minimum Gasteiger partial charge on any atom is -0.493 e. The molecular weight excluding hydrogens is 361 g/mol. The highest BCUT2D eigenvalue weighted by Gasteiger charge is 2.27. The van der Waals surface area contributed by atoms with Crippen molar-refractivity contribution in [2.75, 3.05) is 13.4 Å². The Balaban J connectivity index is 1.39. The molecule has 1 aliphatic heterocycles. The number of benzene rings is 2. The third-order valence-electron chi connectivity index (χ3n) is 5.27. The van der Waals surface area contributed by atoms with Crippen molar-refractivity contribution in [3.63, 3.8) is 0 Å². The van der Waals surface area contributed by atoms with E-state index >= 15 is 0 Å². The van der Waals surface area contributed by atoms with E-state index in [1.165, 1.54) is 12.1 Å². The summed E-state index contributed by atoms with van der Waals surface area (Å²) in [5.74, 6) is 1.81. The highest BCUT2D eigenvalue weighted by Crippen LogP contribution is 2.34. The summed E-state index contributed by atoms with van der Waals surface area (Å²) < 4.78 is 29.4. The molecule has 1 fully saturated rings. The number of hydrogen-bond donors (Lipinski definition) is 0. The molecule has 0 N–H and O–H groups in total. The molecule has 2 aliphatic rings. The van der Waals surface area contributed by atoms with E-state index in [2.05, 4.69) is 0 Å². The predicted molar refractivity (Wildman–Crippen MR) is 102 cm³/mol. The van der Waals surface area contributed by atoms with Gasteiger partial charge in [0.2, 0.25) is 12.7 Å². The molecule has 0 aromatic heterocycles. The summed E-state index contributed by atoms with van der Waals surface area (Å²) in [7, 11) is 0. The SMILES string of the molecule is O=C(CCOc1ccc(F)cc1)N(Cc1ccc2c(c1)OCO2)C1CCCC1. The van der Waals surface area contributed by atoms with Gasteiger partial charge in [-0.1, -0.05) is 18.9 Å². The molecule has 0 bridgehead atoms. The Kier molecular flexibility index (Phi) is 5.65. The molecule has 2 aromatic carbocycles. The number of ether oxygens (including phenoxy) is 3. The van der Waals surface area contributed by atoms with Crippen molar-refractivity contribution >= 4 is 5.91 Å². The van der Waals surface area contributed by atoms with Crippen LogP contribution in [0, 0.1) is 5.82 Å². The van der Waals surface area contributed by atoms with Crippen molar-refractivity contribution in [3.8, 4) is 17.2 Å². The first-order chi connectivity index (χ1) is 13.7. The summed E-state index contributed by atoms with van der Waals surface area (Å²) in [6, 6.07) is 11.9. The molecule has 0 spiro atoms. The molecule has 5 nitrogen and oxygen atoms in total. The highest BCUT2D eigenvalue weighted by molar-refractivity contribution is 5.76. The minimum absolute atomic E-state index is 0.0756. The van der Waals surface area contributed by atoms with Crippen molar-refractivity contribution in [2.24, 2.45) is 0 Å². The number of nitrogens with zero attached hydrogens (tertiary/aromatic N) is 1. The first-order valence-electron chi connectivity index (χ1n) is 9.75. The summed E-state index contributed by atoms with van der Waals surface area (Å²) in [6.45, 7) is 1.07. The van der Waals surface area contributed by atoms with E-state index in [1.807, 2.05) is 23.1 Å². The number of hydrogen-bond acceptors (Lipinski definition) is 4. The summed E-state index contributed by atoms with van der Waals surface area (Å²) in [5.41, 5.74) is 1.03. The monoisotopic (exact) mass is 385 g/mol. The Morgan fingerprint density at radius 2 is 1.82 bits per heavy atom. The van der Waals surface area contributed by atoms with Gasteiger partial charge in [0.05, 0.1) is 13.0 Å². The van der Waals surface area contributed by atoms with Crippen LogP contribution in [0.5, 0.6) is 17.2 Å². The average molecular weight is 385 g/mol. The second-order valence-electron chi connectivity index (χ2n) is 7.20. The second-order valence-corrected chi connectivity index (χ2v) is 7.20. The molecule has 148 valence electrons. The summed E-state index contributed by atoms with van der Waals surface area (Å²) in [4.78, 5) is 14.9. The van der Waals surface area contributed by atoms with Crippen molar-refractivity contribution in [1.82, 2.24) is 4.90 Å². The first kappa shape index (κ1) is 18.6. The average Bonchev–Trinajstić information content (AvgIpc) is 3.39. The molecule has 4 rings (SSSR count). The molecule has 0 atom stereocenters. The van der Waals surface area contributed by atoms with Crippen LogP contribution in [-0.4, -0.2) is 30.2 Å². The number of fused-ring (bicyclic) bond motifs is 1. The van der Waals surface area contributed by atoms with E-state index in [-0.39, 0.29) is 31.2 Å². The molecule has 0 saturated heterocycles. The fourth-order valence-electron chi connectivity index (χ4n) is 3.80. The summed E-state index contributed by atoms with van der Waals surface area (Å²) in [6.07, 6.45) is 4.67. The Bertz CT molecular complexity index is 818. The van der Waals surface area contributed by atoms with Gasteiger partial charge >= 0.3 is 0 Å². The minimum atomic E-state index is -0.306. The van der Waals surface area contributed by atoms with E-state index in [9.17, 15) is 9.18 Å². The van der Waals surface area contributed by atoms with Crippen LogP contribution in [0.1, 0.15) is 37.7 Å². The van der Waals surface area contributed by atoms with Crippen molar-refractivity contribution in [2.45, 2.75) is 44.7 Å². The fraction of sp³-hybridized carbons (Fsp3) is 0.409. The molecule has 28 heavy (non-hydrogen) atoms. The molecular formula is C22H24FNO4. The Hall–Kier alpha value is -2.76. The third kappa shape index (κ3) is 4.38. The first-order valence-corrected chi connectivity index (χ1v) is 9.75. The van der Waals surface area contributed by atoms with Crippen LogP contribution >= 0.6 is 0 Å². The standard InChI is InChI=1S/C22H24FNO4/c23-17-6-8-19(9-7-17)26-12-11-22(25)24(18-3-1-2-4-18)14-16-5-10-20-21(13-16)28-15-27-20/h5-10,13,18H,1-4,11-12,14-15H2. The van der Waals surface area contributed by atoms with E-state index in [0.717, 1.165) is 42.7 Å². The van der Waals surface area contributed by atoms with Crippen LogP contribution in [0.2, 0.25) is 0 Å². The predicted octanol–water partition coefficient (Wildman–Crippen LogP) is 4.29. The van der Waals surface area contributed by atoms with Gasteiger partial charge in [-0.05, 0) is 54.8 Å². The molecule has 1 aliphatic carbocycles. The van der Waals surface area contributed by atoms with Gasteiger partial charge in [-0.2, -0.15) is 0 Å². The van der Waals surface area contributed by atoms with Gasteiger partial charge in [-0.3, -0.25) is 4.79 Å². The third-order valence-corrected chi connectivity index (χ3v) is 5.27. The van der Waals surface area contributed by atoms with E-state index in [0.29, 0.717) is 18.7 Å². The Morgan fingerprint density at radius 1 is 1.07 bits per heavy atom. The molecule has 6 heteroatoms. The summed E-state index contributed by atoms with van der Waals surface area (Å²) in [5, 5.41) is 0. The van der Waals surface area contributed by atoms with Gasteiger partial charge in [-0.15, -0.1) is 0 Å². The number of carbonyl (C=O) groups excluding carboxylic acids is 1.